The Kier molecular flexibility index (Phi) is 2.97. The van der Waals surface area contributed by atoms with E-state index in [2.05, 4.69) is 10.3 Å². The van der Waals surface area contributed by atoms with Gasteiger partial charge in [0.1, 0.15) is 0 Å². The van der Waals surface area contributed by atoms with Crippen LogP contribution < -0.4 is 11.1 Å². The number of nitrogens with two attached hydrogens (primary N) is 1. The predicted octanol–water partition coefficient (Wildman–Crippen LogP) is 0.230. The lowest BCUT2D eigenvalue weighted by Gasteiger charge is -2.32. The number of hydrogen-bond donors (Lipinski definition) is 2. The molecule has 0 saturated heterocycles. The fraction of sp³-hybridized carbons (Fsp3) is 0.455. The van der Waals surface area contributed by atoms with Gasteiger partial charge < -0.3 is 11.1 Å². The summed E-state index contributed by atoms with van der Waals surface area (Å²) in [6.07, 6.45) is 5.63. The maximum atomic E-state index is 11.5. The lowest BCUT2D eigenvalue weighted by molar-refractivity contribution is -0.121. The van der Waals surface area contributed by atoms with Crippen LogP contribution in [-0.4, -0.2) is 23.0 Å². The van der Waals surface area contributed by atoms with Crippen molar-refractivity contribution in [2.24, 2.45) is 5.73 Å². The molecule has 15 heavy (non-hydrogen) atoms. The van der Waals surface area contributed by atoms with Crippen molar-refractivity contribution in [2.45, 2.75) is 31.3 Å². The first-order chi connectivity index (χ1) is 7.24. The molecule has 1 heterocycles. The SMILES string of the molecule is NC1CC(NC(=O)Cc2ccncc2)C1. The van der Waals surface area contributed by atoms with Gasteiger partial charge in [-0.05, 0) is 30.5 Å². The highest BCUT2D eigenvalue weighted by molar-refractivity contribution is 5.78. The monoisotopic (exact) mass is 205 g/mol. The zero-order valence-electron chi connectivity index (χ0n) is 8.52. The van der Waals surface area contributed by atoms with E-state index in [1.54, 1.807) is 12.4 Å². The number of carbonyl (C=O) groups excluding carboxylic acids is 1. The van der Waals surface area contributed by atoms with E-state index in [1.165, 1.54) is 0 Å². The Morgan fingerprint density at radius 2 is 2.13 bits per heavy atom. The van der Waals surface area contributed by atoms with E-state index in [-0.39, 0.29) is 18.0 Å². The second-order valence-corrected chi connectivity index (χ2v) is 4.03. The third-order valence-electron chi connectivity index (χ3n) is 2.65. The molecule has 1 amide bonds. The average molecular weight is 205 g/mol. The molecule has 1 aromatic heterocycles. The largest absolute Gasteiger partial charge is 0.353 e. The quantitative estimate of drug-likeness (QED) is 0.742. The van der Waals surface area contributed by atoms with Gasteiger partial charge in [0, 0.05) is 24.5 Å². The van der Waals surface area contributed by atoms with Crippen molar-refractivity contribution >= 4 is 5.91 Å². The highest BCUT2D eigenvalue weighted by Crippen LogP contribution is 2.17. The molecule has 4 heteroatoms. The predicted molar refractivity (Wildman–Crippen MR) is 57.1 cm³/mol. The van der Waals surface area contributed by atoms with Gasteiger partial charge in [-0.2, -0.15) is 0 Å². The Hall–Kier alpha value is -1.42. The van der Waals surface area contributed by atoms with Crippen LogP contribution in [0.4, 0.5) is 0 Å². The Morgan fingerprint density at radius 1 is 1.47 bits per heavy atom. The van der Waals surface area contributed by atoms with Gasteiger partial charge in [0.25, 0.3) is 0 Å². The van der Waals surface area contributed by atoms with Gasteiger partial charge in [0.2, 0.25) is 5.91 Å². The molecule has 3 N–H and O–H groups in total. The van der Waals surface area contributed by atoms with Crippen LogP contribution in [0, 0.1) is 0 Å². The van der Waals surface area contributed by atoms with Crippen LogP contribution in [0.2, 0.25) is 0 Å². The maximum Gasteiger partial charge on any atom is 0.224 e. The first-order valence-electron chi connectivity index (χ1n) is 5.18. The first-order valence-corrected chi connectivity index (χ1v) is 5.18. The van der Waals surface area contributed by atoms with E-state index in [0.29, 0.717) is 6.42 Å². The van der Waals surface area contributed by atoms with Crippen molar-refractivity contribution in [3.05, 3.63) is 30.1 Å². The molecule has 0 bridgehead atoms. The number of aromatic nitrogens is 1. The molecule has 0 unspecified atom stereocenters. The summed E-state index contributed by atoms with van der Waals surface area (Å²) in [7, 11) is 0. The van der Waals surface area contributed by atoms with Crippen LogP contribution in [0.1, 0.15) is 18.4 Å². The van der Waals surface area contributed by atoms with Crippen molar-refractivity contribution in [1.82, 2.24) is 10.3 Å². The number of rotatable bonds is 3. The fourth-order valence-electron chi connectivity index (χ4n) is 1.74. The van der Waals surface area contributed by atoms with E-state index in [4.69, 9.17) is 5.73 Å². The zero-order chi connectivity index (χ0) is 10.7. The minimum absolute atomic E-state index is 0.0677. The molecular weight excluding hydrogens is 190 g/mol. The third kappa shape index (κ3) is 2.76. The summed E-state index contributed by atoms with van der Waals surface area (Å²) >= 11 is 0. The lowest BCUT2D eigenvalue weighted by atomic mass is 9.87. The van der Waals surface area contributed by atoms with Gasteiger partial charge in [-0.25, -0.2) is 0 Å². The summed E-state index contributed by atoms with van der Waals surface area (Å²) < 4.78 is 0. The summed E-state index contributed by atoms with van der Waals surface area (Å²) in [6.45, 7) is 0. The number of amides is 1. The summed E-state index contributed by atoms with van der Waals surface area (Å²) in [5.74, 6) is 0.0677. The van der Waals surface area contributed by atoms with E-state index in [0.717, 1.165) is 18.4 Å². The number of pyridine rings is 1. The van der Waals surface area contributed by atoms with Crippen molar-refractivity contribution in [3.63, 3.8) is 0 Å². The van der Waals surface area contributed by atoms with Crippen LogP contribution in [0.3, 0.4) is 0 Å². The second kappa shape index (κ2) is 4.40. The van der Waals surface area contributed by atoms with Crippen molar-refractivity contribution in [3.8, 4) is 0 Å². The van der Waals surface area contributed by atoms with Crippen molar-refractivity contribution in [2.75, 3.05) is 0 Å². The van der Waals surface area contributed by atoms with Crippen LogP contribution in [0.15, 0.2) is 24.5 Å². The van der Waals surface area contributed by atoms with Crippen molar-refractivity contribution < 1.29 is 4.79 Å². The fourth-order valence-corrected chi connectivity index (χ4v) is 1.74. The maximum absolute atomic E-state index is 11.5. The summed E-state index contributed by atoms with van der Waals surface area (Å²) in [5.41, 5.74) is 6.63. The topological polar surface area (TPSA) is 68.0 Å². The van der Waals surface area contributed by atoms with Gasteiger partial charge in [-0.15, -0.1) is 0 Å². The minimum atomic E-state index is 0.0677. The highest BCUT2D eigenvalue weighted by Gasteiger charge is 2.26. The minimum Gasteiger partial charge on any atom is -0.353 e. The van der Waals surface area contributed by atoms with E-state index in [1.807, 2.05) is 12.1 Å². The van der Waals surface area contributed by atoms with Crippen LogP contribution in [0.25, 0.3) is 0 Å². The molecule has 1 saturated carbocycles. The number of carbonyl (C=O) groups is 1. The van der Waals surface area contributed by atoms with E-state index >= 15 is 0 Å². The third-order valence-corrected chi connectivity index (χ3v) is 2.65. The van der Waals surface area contributed by atoms with E-state index in [9.17, 15) is 4.79 Å². The standard InChI is InChI=1S/C11H15N3O/c12-9-6-10(7-9)14-11(15)5-8-1-3-13-4-2-8/h1-4,9-10H,5-7,12H2,(H,14,15). The molecule has 0 spiro atoms. The smallest absolute Gasteiger partial charge is 0.224 e. The van der Waals surface area contributed by atoms with Gasteiger partial charge >= 0.3 is 0 Å². The van der Waals surface area contributed by atoms with Gasteiger partial charge in [-0.3, -0.25) is 9.78 Å². The molecule has 0 radical (unpaired) electrons. The molecule has 1 aliphatic rings. The summed E-state index contributed by atoms with van der Waals surface area (Å²) in [5, 5.41) is 2.96. The van der Waals surface area contributed by atoms with Gasteiger partial charge in [0.15, 0.2) is 0 Å². The molecule has 0 aromatic carbocycles. The van der Waals surface area contributed by atoms with Gasteiger partial charge in [-0.1, -0.05) is 0 Å². The molecule has 2 rings (SSSR count). The molecule has 0 aliphatic heterocycles. The average Bonchev–Trinajstić information content (AvgIpc) is 2.17. The second-order valence-electron chi connectivity index (χ2n) is 4.03. The molecular formula is C11H15N3O. The zero-order valence-corrected chi connectivity index (χ0v) is 8.52. The Balaban J connectivity index is 1.78. The van der Waals surface area contributed by atoms with Crippen LogP contribution >= 0.6 is 0 Å². The Morgan fingerprint density at radius 3 is 2.73 bits per heavy atom. The number of nitrogens with zero attached hydrogens (tertiary/aromatic N) is 1. The van der Waals surface area contributed by atoms with E-state index < -0.39 is 0 Å². The Labute approximate surface area is 88.9 Å². The van der Waals surface area contributed by atoms with Crippen LogP contribution in [-0.2, 0) is 11.2 Å². The summed E-state index contributed by atoms with van der Waals surface area (Å²) in [4.78, 5) is 15.5. The first kappa shape index (κ1) is 10.1. The molecule has 1 fully saturated rings. The lowest BCUT2D eigenvalue weighted by Crippen LogP contribution is -2.50. The van der Waals surface area contributed by atoms with Crippen molar-refractivity contribution in [1.29, 1.82) is 0 Å². The molecule has 1 aromatic rings. The highest BCUT2D eigenvalue weighted by atomic mass is 16.1. The van der Waals surface area contributed by atoms with Crippen LogP contribution in [0.5, 0.6) is 0 Å². The molecule has 80 valence electrons. The molecule has 0 atom stereocenters. The molecule has 1 aliphatic carbocycles. The number of hydrogen-bond acceptors (Lipinski definition) is 3. The number of nitrogens with one attached hydrogen (secondary N) is 1. The molecule has 4 nitrogen and oxygen atoms in total. The normalized spacial score (nSPS) is 24.3. The van der Waals surface area contributed by atoms with Gasteiger partial charge in [0.05, 0.1) is 6.42 Å². The summed E-state index contributed by atoms with van der Waals surface area (Å²) in [6, 6.07) is 4.27. The Bertz CT molecular complexity index is 333.